The lowest BCUT2D eigenvalue weighted by Gasteiger charge is -2.13. The van der Waals surface area contributed by atoms with Gasteiger partial charge in [0.2, 0.25) is 0 Å². The van der Waals surface area contributed by atoms with E-state index in [9.17, 15) is 4.79 Å². The second-order valence-electron chi connectivity index (χ2n) is 3.08. The lowest BCUT2D eigenvalue weighted by molar-refractivity contribution is -0.116. The van der Waals surface area contributed by atoms with Crippen LogP contribution in [0.25, 0.3) is 0 Å². The molecule has 0 N–H and O–H groups in total. The summed E-state index contributed by atoms with van der Waals surface area (Å²) in [7, 11) is 0. The summed E-state index contributed by atoms with van der Waals surface area (Å²) >= 11 is 0. The maximum Gasteiger partial charge on any atom is 0.158 e. The molecule has 0 bridgehead atoms. The molecule has 1 aliphatic rings. The van der Waals surface area contributed by atoms with Crippen molar-refractivity contribution in [1.29, 1.82) is 5.26 Å². The van der Waals surface area contributed by atoms with Crippen LogP contribution in [0, 0.1) is 11.3 Å². The molecule has 0 spiro atoms. The van der Waals surface area contributed by atoms with Gasteiger partial charge in [0.1, 0.15) is 11.9 Å². The van der Waals surface area contributed by atoms with Crippen LogP contribution < -0.4 is 4.90 Å². The number of carbonyl (C=O) groups is 1. The molecule has 1 fully saturated rings. The van der Waals surface area contributed by atoms with Crippen molar-refractivity contribution in [3.8, 4) is 6.07 Å². The molecule has 5 nitrogen and oxygen atoms in total. The van der Waals surface area contributed by atoms with Crippen molar-refractivity contribution in [3.63, 3.8) is 0 Å². The Morgan fingerprint density at radius 2 is 2.29 bits per heavy atom. The fourth-order valence-electron chi connectivity index (χ4n) is 1.37. The molecule has 0 unspecified atom stereocenters. The molecule has 0 atom stereocenters. The predicted molar refractivity (Wildman–Crippen MR) is 48.6 cm³/mol. The minimum absolute atomic E-state index is 0.219. The summed E-state index contributed by atoms with van der Waals surface area (Å²) in [6.45, 7) is 1.10. The van der Waals surface area contributed by atoms with Crippen LogP contribution in [-0.4, -0.2) is 28.8 Å². The Bertz CT molecular complexity index is 392. The number of carbonyl (C=O) groups excluding carboxylic acids is 1. The summed E-state index contributed by atoms with van der Waals surface area (Å²) in [6, 6.07) is 1.89. The highest BCUT2D eigenvalue weighted by molar-refractivity contribution is 5.86. The van der Waals surface area contributed by atoms with Gasteiger partial charge in [-0.05, 0) is 0 Å². The maximum absolute atomic E-state index is 11.0. The van der Waals surface area contributed by atoms with Crippen molar-refractivity contribution < 1.29 is 4.79 Å². The van der Waals surface area contributed by atoms with Gasteiger partial charge in [0, 0.05) is 13.0 Å². The van der Waals surface area contributed by atoms with Crippen LogP contribution in [0.2, 0.25) is 0 Å². The molecule has 70 valence electrons. The first-order valence-corrected chi connectivity index (χ1v) is 4.28. The first-order valence-electron chi connectivity index (χ1n) is 4.28. The van der Waals surface area contributed by atoms with Crippen LogP contribution in [0.3, 0.4) is 0 Å². The zero-order chi connectivity index (χ0) is 9.97. The number of ketones is 1. The molecular formula is C9H8N4O. The molecule has 2 rings (SSSR count). The minimum atomic E-state index is 0.219. The number of nitrogens with zero attached hydrogens (tertiary/aromatic N) is 4. The lowest BCUT2D eigenvalue weighted by Crippen LogP contribution is -2.20. The van der Waals surface area contributed by atoms with E-state index in [0.29, 0.717) is 31.0 Å². The number of hydrogen-bond donors (Lipinski definition) is 0. The van der Waals surface area contributed by atoms with Crippen LogP contribution >= 0.6 is 0 Å². The van der Waals surface area contributed by atoms with E-state index < -0.39 is 0 Å². The van der Waals surface area contributed by atoms with Gasteiger partial charge in [-0.15, -0.1) is 0 Å². The normalized spacial score (nSPS) is 15.6. The molecule has 5 heteroatoms. The van der Waals surface area contributed by atoms with Crippen LogP contribution in [0.4, 0.5) is 5.82 Å². The highest BCUT2D eigenvalue weighted by Crippen LogP contribution is 2.13. The van der Waals surface area contributed by atoms with Crippen LogP contribution in [0.5, 0.6) is 0 Å². The van der Waals surface area contributed by atoms with E-state index in [1.807, 2.05) is 11.0 Å². The van der Waals surface area contributed by atoms with Gasteiger partial charge in [-0.3, -0.25) is 4.79 Å². The quantitative estimate of drug-likeness (QED) is 0.626. The van der Waals surface area contributed by atoms with Crippen molar-refractivity contribution in [2.45, 2.75) is 6.42 Å². The molecule has 0 amide bonds. The second kappa shape index (κ2) is 3.42. The number of nitriles is 1. The van der Waals surface area contributed by atoms with Gasteiger partial charge in [0.05, 0.1) is 18.9 Å². The molecule has 0 aromatic carbocycles. The standard InChI is InChI=1S/C9H8N4O/c10-3-7-4-12-9(5-11-7)13-2-1-8(14)6-13/h4-5H,1-2,6H2. The first-order chi connectivity index (χ1) is 6.79. The van der Waals surface area contributed by atoms with E-state index in [1.54, 1.807) is 0 Å². The zero-order valence-electron chi connectivity index (χ0n) is 7.47. The predicted octanol–water partition coefficient (Wildman–Crippen LogP) is 0.127. The average molecular weight is 188 g/mol. The van der Waals surface area contributed by atoms with Crippen molar-refractivity contribution in [2.24, 2.45) is 0 Å². The number of aromatic nitrogens is 2. The van der Waals surface area contributed by atoms with E-state index in [2.05, 4.69) is 9.97 Å². The minimum Gasteiger partial charge on any atom is -0.348 e. The molecule has 1 aromatic rings. The maximum atomic E-state index is 11.0. The summed E-state index contributed by atoms with van der Waals surface area (Å²) < 4.78 is 0. The third kappa shape index (κ3) is 1.55. The van der Waals surface area contributed by atoms with E-state index in [1.165, 1.54) is 12.4 Å². The summed E-state index contributed by atoms with van der Waals surface area (Å²) in [5, 5.41) is 8.52. The number of rotatable bonds is 1. The Kier molecular flexibility index (Phi) is 2.11. The molecule has 1 aromatic heterocycles. The number of hydrogen-bond acceptors (Lipinski definition) is 5. The Morgan fingerprint density at radius 3 is 2.79 bits per heavy atom. The molecule has 0 radical (unpaired) electrons. The highest BCUT2D eigenvalue weighted by Gasteiger charge is 2.20. The van der Waals surface area contributed by atoms with Crippen molar-refractivity contribution in [3.05, 3.63) is 18.1 Å². The SMILES string of the molecule is N#Cc1cnc(N2CCC(=O)C2)cn1. The summed E-state index contributed by atoms with van der Waals surface area (Å²) in [4.78, 5) is 20.8. The van der Waals surface area contributed by atoms with Crippen LogP contribution in [0.1, 0.15) is 12.1 Å². The van der Waals surface area contributed by atoms with Gasteiger partial charge >= 0.3 is 0 Å². The molecule has 0 aliphatic carbocycles. The topological polar surface area (TPSA) is 69.9 Å². The number of anilines is 1. The van der Waals surface area contributed by atoms with Crippen LogP contribution in [-0.2, 0) is 4.79 Å². The second-order valence-corrected chi connectivity index (χ2v) is 3.08. The molecule has 2 heterocycles. The fourth-order valence-corrected chi connectivity index (χ4v) is 1.37. The van der Waals surface area contributed by atoms with Crippen LogP contribution in [0.15, 0.2) is 12.4 Å². The zero-order valence-corrected chi connectivity index (χ0v) is 7.47. The summed E-state index contributed by atoms with van der Waals surface area (Å²) in [5.74, 6) is 0.881. The molecule has 1 aliphatic heterocycles. The molecule has 1 saturated heterocycles. The average Bonchev–Trinajstić information content (AvgIpc) is 2.65. The van der Waals surface area contributed by atoms with Crippen molar-refractivity contribution >= 4 is 11.6 Å². The van der Waals surface area contributed by atoms with E-state index in [0.717, 1.165) is 0 Å². The van der Waals surface area contributed by atoms with Gasteiger partial charge in [0.25, 0.3) is 0 Å². The van der Waals surface area contributed by atoms with Gasteiger partial charge in [-0.25, -0.2) is 9.97 Å². The van der Waals surface area contributed by atoms with Gasteiger partial charge in [-0.2, -0.15) is 5.26 Å². The van der Waals surface area contributed by atoms with E-state index >= 15 is 0 Å². The largest absolute Gasteiger partial charge is 0.348 e. The lowest BCUT2D eigenvalue weighted by atomic mass is 10.4. The molecule has 14 heavy (non-hydrogen) atoms. The highest BCUT2D eigenvalue weighted by atomic mass is 16.1. The third-order valence-electron chi connectivity index (χ3n) is 2.10. The van der Waals surface area contributed by atoms with Crippen molar-refractivity contribution in [1.82, 2.24) is 9.97 Å². The van der Waals surface area contributed by atoms with Gasteiger partial charge in [0.15, 0.2) is 11.5 Å². The fraction of sp³-hybridized carbons (Fsp3) is 0.333. The first kappa shape index (κ1) is 8.63. The molecule has 0 saturated carbocycles. The summed E-state index contributed by atoms with van der Waals surface area (Å²) in [5.41, 5.74) is 0.291. The Morgan fingerprint density at radius 1 is 1.43 bits per heavy atom. The van der Waals surface area contributed by atoms with E-state index in [-0.39, 0.29) is 5.78 Å². The summed E-state index contributed by atoms with van der Waals surface area (Å²) in [6.07, 6.45) is 3.51. The number of Topliss-reactive ketones (excluding diaryl/α,β-unsaturated/α-hetero) is 1. The monoisotopic (exact) mass is 188 g/mol. The Balaban J connectivity index is 2.18. The van der Waals surface area contributed by atoms with Gasteiger partial charge < -0.3 is 4.90 Å². The smallest absolute Gasteiger partial charge is 0.158 e. The third-order valence-corrected chi connectivity index (χ3v) is 2.10. The van der Waals surface area contributed by atoms with Crippen molar-refractivity contribution in [2.75, 3.05) is 18.0 Å². The molecular weight excluding hydrogens is 180 g/mol. The Hall–Kier alpha value is -1.96. The van der Waals surface area contributed by atoms with Gasteiger partial charge in [-0.1, -0.05) is 0 Å². The van der Waals surface area contributed by atoms with E-state index in [4.69, 9.17) is 5.26 Å². The Labute approximate surface area is 81.0 Å².